The first-order chi connectivity index (χ1) is 8.91. The van der Waals surface area contributed by atoms with E-state index in [1.54, 1.807) is 0 Å². The van der Waals surface area contributed by atoms with Crippen LogP contribution in [0.5, 0.6) is 0 Å². The number of aliphatic hydroxyl groups excluding tert-OH is 1. The second-order valence-corrected chi connectivity index (χ2v) is 4.62. The van der Waals surface area contributed by atoms with E-state index in [0.717, 1.165) is 4.90 Å². The molecule has 1 fully saturated rings. The van der Waals surface area contributed by atoms with Crippen LogP contribution in [0.2, 0.25) is 0 Å². The fourth-order valence-electron chi connectivity index (χ4n) is 2.04. The van der Waals surface area contributed by atoms with Gasteiger partial charge in [0.05, 0.1) is 6.54 Å². The molecule has 3 N–H and O–H groups in total. The minimum Gasteiger partial charge on any atom is -0.386 e. The lowest BCUT2D eigenvalue weighted by Gasteiger charge is -2.24. The van der Waals surface area contributed by atoms with Crippen molar-refractivity contribution in [2.24, 2.45) is 5.73 Å². The topological polar surface area (TPSA) is 79.5 Å². The van der Waals surface area contributed by atoms with Crippen LogP contribution in [0.3, 0.4) is 0 Å². The summed E-state index contributed by atoms with van der Waals surface area (Å²) in [7, 11) is 0. The van der Waals surface area contributed by atoms with Gasteiger partial charge in [0, 0.05) is 25.4 Å². The SMILES string of the molecule is N[C@@H](C(=O)N1CCC(F)(F)C1)[C@@H](O)c1ccncc1. The van der Waals surface area contributed by atoms with E-state index >= 15 is 0 Å². The van der Waals surface area contributed by atoms with Crippen molar-refractivity contribution in [3.05, 3.63) is 30.1 Å². The van der Waals surface area contributed by atoms with Crippen molar-refractivity contribution in [3.8, 4) is 0 Å². The minimum absolute atomic E-state index is 0.0391. The maximum atomic E-state index is 13.0. The summed E-state index contributed by atoms with van der Waals surface area (Å²) < 4.78 is 26.1. The first-order valence-corrected chi connectivity index (χ1v) is 5.91. The van der Waals surface area contributed by atoms with E-state index < -0.39 is 30.5 Å². The standard InChI is InChI=1S/C12H15F2N3O2/c13-12(14)3-6-17(7-12)11(19)9(15)10(18)8-1-4-16-5-2-8/h1-2,4-5,9-10,18H,3,6-7,15H2/t9-,10+/m1/s1. The van der Waals surface area contributed by atoms with Crippen LogP contribution in [-0.4, -0.2) is 46.0 Å². The Kier molecular flexibility index (Phi) is 3.77. The molecular formula is C12H15F2N3O2. The molecule has 0 aromatic carbocycles. The summed E-state index contributed by atoms with van der Waals surface area (Å²) in [5, 5.41) is 9.96. The zero-order valence-corrected chi connectivity index (χ0v) is 10.2. The van der Waals surface area contributed by atoms with Gasteiger partial charge in [0.15, 0.2) is 0 Å². The van der Waals surface area contributed by atoms with Gasteiger partial charge in [-0.05, 0) is 17.7 Å². The number of alkyl halides is 2. The van der Waals surface area contributed by atoms with E-state index in [-0.39, 0.29) is 13.0 Å². The van der Waals surface area contributed by atoms with Gasteiger partial charge in [0.25, 0.3) is 5.92 Å². The molecule has 5 nitrogen and oxygen atoms in total. The van der Waals surface area contributed by atoms with Crippen molar-refractivity contribution in [2.75, 3.05) is 13.1 Å². The number of aliphatic hydroxyl groups is 1. The molecule has 1 aromatic heterocycles. The molecule has 2 atom stereocenters. The minimum atomic E-state index is -2.86. The Morgan fingerprint density at radius 3 is 2.63 bits per heavy atom. The monoisotopic (exact) mass is 271 g/mol. The lowest BCUT2D eigenvalue weighted by Crippen LogP contribution is -2.46. The van der Waals surface area contributed by atoms with Crippen LogP contribution in [0.4, 0.5) is 8.78 Å². The normalized spacial score (nSPS) is 21.2. The maximum Gasteiger partial charge on any atom is 0.267 e. The van der Waals surface area contributed by atoms with Crippen LogP contribution in [0, 0.1) is 0 Å². The van der Waals surface area contributed by atoms with Crippen molar-refractivity contribution in [1.29, 1.82) is 0 Å². The number of likely N-dealkylation sites (tertiary alicyclic amines) is 1. The highest BCUT2D eigenvalue weighted by Gasteiger charge is 2.42. The molecule has 0 radical (unpaired) electrons. The highest BCUT2D eigenvalue weighted by molar-refractivity contribution is 5.82. The number of amides is 1. The van der Waals surface area contributed by atoms with Crippen LogP contribution in [0.1, 0.15) is 18.1 Å². The van der Waals surface area contributed by atoms with Crippen LogP contribution < -0.4 is 5.73 Å². The molecule has 0 saturated carbocycles. The van der Waals surface area contributed by atoms with E-state index in [0.29, 0.717) is 5.56 Å². The number of aromatic nitrogens is 1. The lowest BCUT2D eigenvalue weighted by atomic mass is 10.0. The highest BCUT2D eigenvalue weighted by Crippen LogP contribution is 2.28. The molecule has 1 aliphatic rings. The van der Waals surface area contributed by atoms with Crippen molar-refractivity contribution in [3.63, 3.8) is 0 Å². The second kappa shape index (κ2) is 5.18. The van der Waals surface area contributed by atoms with Crippen molar-refractivity contribution in [2.45, 2.75) is 24.5 Å². The number of carbonyl (C=O) groups excluding carboxylic acids is 1. The van der Waals surface area contributed by atoms with Gasteiger partial charge in [0.1, 0.15) is 12.1 Å². The number of nitrogens with zero attached hydrogens (tertiary/aromatic N) is 2. The van der Waals surface area contributed by atoms with Gasteiger partial charge in [-0.3, -0.25) is 9.78 Å². The molecular weight excluding hydrogens is 256 g/mol. The molecule has 19 heavy (non-hydrogen) atoms. The van der Waals surface area contributed by atoms with Crippen LogP contribution in [0.15, 0.2) is 24.5 Å². The molecule has 1 aromatic rings. The summed E-state index contributed by atoms with van der Waals surface area (Å²) in [5.74, 6) is -3.53. The maximum absolute atomic E-state index is 13.0. The molecule has 0 unspecified atom stereocenters. The van der Waals surface area contributed by atoms with E-state index in [4.69, 9.17) is 5.73 Å². The predicted molar refractivity (Wildman–Crippen MR) is 63.3 cm³/mol. The molecule has 0 aliphatic carbocycles. The van der Waals surface area contributed by atoms with Gasteiger partial charge in [-0.25, -0.2) is 8.78 Å². The van der Waals surface area contributed by atoms with Gasteiger partial charge in [-0.1, -0.05) is 0 Å². The summed E-state index contributed by atoms with van der Waals surface area (Å²) in [6.45, 7) is -0.675. The number of hydrogen-bond acceptors (Lipinski definition) is 4. The van der Waals surface area contributed by atoms with Crippen molar-refractivity contribution < 1.29 is 18.7 Å². The highest BCUT2D eigenvalue weighted by atomic mass is 19.3. The molecule has 2 rings (SSSR count). The summed E-state index contributed by atoms with van der Waals surface area (Å²) in [5.41, 5.74) is 6.09. The number of nitrogens with two attached hydrogens (primary N) is 1. The van der Waals surface area contributed by atoms with Crippen LogP contribution >= 0.6 is 0 Å². The summed E-state index contributed by atoms with van der Waals surface area (Å²) >= 11 is 0. The first-order valence-electron chi connectivity index (χ1n) is 5.91. The largest absolute Gasteiger partial charge is 0.386 e. The quantitative estimate of drug-likeness (QED) is 0.829. The molecule has 1 amide bonds. The van der Waals surface area contributed by atoms with Gasteiger partial charge in [0.2, 0.25) is 5.91 Å². The van der Waals surface area contributed by atoms with E-state index in [1.165, 1.54) is 24.5 Å². The second-order valence-electron chi connectivity index (χ2n) is 4.62. The van der Waals surface area contributed by atoms with Gasteiger partial charge < -0.3 is 15.7 Å². The van der Waals surface area contributed by atoms with E-state index in [2.05, 4.69) is 4.98 Å². The van der Waals surface area contributed by atoms with Crippen molar-refractivity contribution >= 4 is 5.91 Å². The Morgan fingerprint density at radius 1 is 1.47 bits per heavy atom. The molecule has 104 valence electrons. The molecule has 2 heterocycles. The fraction of sp³-hybridized carbons (Fsp3) is 0.500. The molecule has 7 heteroatoms. The number of pyridine rings is 1. The third kappa shape index (κ3) is 3.05. The Balaban J connectivity index is 2.04. The van der Waals surface area contributed by atoms with Gasteiger partial charge in [-0.15, -0.1) is 0 Å². The molecule has 1 saturated heterocycles. The number of carbonyl (C=O) groups is 1. The number of halogens is 2. The number of hydrogen-bond donors (Lipinski definition) is 2. The van der Waals surface area contributed by atoms with Gasteiger partial charge in [-0.2, -0.15) is 0 Å². The Hall–Kier alpha value is -1.60. The average Bonchev–Trinajstić information content (AvgIpc) is 2.77. The number of rotatable bonds is 3. The van der Waals surface area contributed by atoms with Crippen molar-refractivity contribution in [1.82, 2.24) is 9.88 Å². The Labute approximate surface area is 109 Å². The third-order valence-corrected chi connectivity index (χ3v) is 3.15. The summed E-state index contributed by atoms with van der Waals surface area (Å²) in [6, 6.07) is 1.79. The van der Waals surface area contributed by atoms with Crippen LogP contribution in [0.25, 0.3) is 0 Å². The molecule has 0 bridgehead atoms. The molecule has 0 spiro atoms. The summed E-state index contributed by atoms with van der Waals surface area (Å²) in [6.07, 6.45) is 1.32. The Morgan fingerprint density at radius 2 is 2.11 bits per heavy atom. The fourth-order valence-corrected chi connectivity index (χ4v) is 2.04. The van der Waals surface area contributed by atoms with E-state index in [9.17, 15) is 18.7 Å². The third-order valence-electron chi connectivity index (χ3n) is 3.15. The van der Waals surface area contributed by atoms with E-state index in [1.807, 2.05) is 0 Å². The van der Waals surface area contributed by atoms with Gasteiger partial charge >= 0.3 is 0 Å². The average molecular weight is 271 g/mol. The zero-order valence-electron chi connectivity index (χ0n) is 10.2. The Bertz CT molecular complexity index is 456. The van der Waals surface area contributed by atoms with Crippen LogP contribution in [-0.2, 0) is 4.79 Å². The predicted octanol–water partition coefficient (Wildman–Crippen LogP) is 0.310. The molecule has 1 aliphatic heterocycles. The zero-order chi connectivity index (χ0) is 14.0. The summed E-state index contributed by atoms with van der Waals surface area (Å²) in [4.78, 5) is 16.7. The smallest absolute Gasteiger partial charge is 0.267 e. The first kappa shape index (κ1) is 13.8. The lowest BCUT2D eigenvalue weighted by molar-refractivity contribution is -0.135.